The van der Waals surface area contributed by atoms with Gasteiger partial charge in [-0.2, -0.15) is 5.10 Å². The largest absolute Gasteiger partial charge is 0.273 e. The molecule has 13 heavy (non-hydrogen) atoms. The van der Waals surface area contributed by atoms with Crippen molar-refractivity contribution in [1.29, 1.82) is 0 Å². The Kier molecular flexibility index (Phi) is 7.36. The Morgan fingerprint density at radius 1 is 1.31 bits per heavy atom. The van der Waals surface area contributed by atoms with Crippen molar-refractivity contribution in [3.8, 4) is 0 Å². The maximum Gasteiger partial charge on any atom is 0.0489 e. The number of aromatic nitrogens is 2. The Hall–Kier alpha value is -0.790. The smallest absolute Gasteiger partial charge is 0.0489 e. The molecule has 1 heterocycles. The van der Waals surface area contributed by atoms with Crippen LogP contribution in [0.15, 0.2) is 18.5 Å². The molecule has 0 atom stereocenters. The van der Waals surface area contributed by atoms with Crippen LogP contribution in [0.2, 0.25) is 0 Å². The number of rotatable bonds is 4. The van der Waals surface area contributed by atoms with Gasteiger partial charge in [-0.15, -0.1) is 0 Å². The molecule has 0 aliphatic rings. The van der Waals surface area contributed by atoms with Crippen LogP contribution in [0.4, 0.5) is 0 Å². The topological polar surface area (TPSA) is 17.8 Å². The highest BCUT2D eigenvalue weighted by Crippen LogP contribution is 2.04. The fourth-order valence-electron chi connectivity index (χ4n) is 1.09. The molecule has 1 aromatic rings. The van der Waals surface area contributed by atoms with Gasteiger partial charge in [0.25, 0.3) is 0 Å². The zero-order valence-electron chi connectivity index (χ0n) is 9.33. The van der Waals surface area contributed by atoms with Crippen molar-refractivity contribution in [3.05, 3.63) is 18.5 Å². The second-order valence-corrected chi connectivity index (χ2v) is 3.31. The molecular weight excluding hydrogens is 160 g/mol. The van der Waals surface area contributed by atoms with Crippen molar-refractivity contribution in [2.45, 2.75) is 47.1 Å². The number of hydrogen-bond acceptors (Lipinski definition) is 1. The van der Waals surface area contributed by atoms with E-state index in [2.05, 4.69) is 18.9 Å². The predicted octanol–water partition coefficient (Wildman–Crippen LogP) is 3.35. The molecule has 1 aromatic heterocycles. The summed E-state index contributed by atoms with van der Waals surface area (Å²) in [4.78, 5) is 0. The standard InChI is InChI=1S/C9H16N2.C2H6/c1-9(2)5-3-7-11-8-4-6-10-11;1-2/h4,6,8-9H,3,5,7H2,1-2H3;1-2H3. The molecule has 0 N–H and O–H groups in total. The van der Waals surface area contributed by atoms with E-state index in [4.69, 9.17) is 0 Å². The SMILES string of the molecule is CC.CC(C)CCCn1cccn1. The minimum Gasteiger partial charge on any atom is -0.273 e. The van der Waals surface area contributed by atoms with E-state index in [1.165, 1.54) is 12.8 Å². The van der Waals surface area contributed by atoms with Gasteiger partial charge in [0.1, 0.15) is 0 Å². The first kappa shape index (κ1) is 12.2. The van der Waals surface area contributed by atoms with Crippen molar-refractivity contribution >= 4 is 0 Å². The van der Waals surface area contributed by atoms with Crippen LogP contribution >= 0.6 is 0 Å². The van der Waals surface area contributed by atoms with Crippen LogP contribution in [0.5, 0.6) is 0 Å². The van der Waals surface area contributed by atoms with Crippen LogP contribution in [0.3, 0.4) is 0 Å². The van der Waals surface area contributed by atoms with E-state index in [0.29, 0.717) is 0 Å². The van der Waals surface area contributed by atoms with Gasteiger partial charge < -0.3 is 0 Å². The minimum absolute atomic E-state index is 0.811. The van der Waals surface area contributed by atoms with Crippen LogP contribution in [0.25, 0.3) is 0 Å². The molecule has 0 bridgehead atoms. The van der Waals surface area contributed by atoms with E-state index in [1.54, 1.807) is 0 Å². The zero-order chi connectivity index (χ0) is 10.1. The van der Waals surface area contributed by atoms with Crippen molar-refractivity contribution in [3.63, 3.8) is 0 Å². The Morgan fingerprint density at radius 3 is 2.46 bits per heavy atom. The summed E-state index contributed by atoms with van der Waals surface area (Å²) in [5, 5.41) is 4.13. The maximum atomic E-state index is 4.13. The lowest BCUT2D eigenvalue weighted by atomic mass is 10.1. The molecule has 0 radical (unpaired) electrons. The van der Waals surface area contributed by atoms with Gasteiger partial charge in [-0.1, -0.05) is 27.7 Å². The van der Waals surface area contributed by atoms with Gasteiger partial charge in [-0.3, -0.25) is 4.68 Å². The number of hydrogen-bond donors (Lipinski definition) is 0. The Bertz CT molecular complexity index is 178. The fourth-order valence-corrected chi connectivity index (χ4v) is 1.09. The lowest BCUT2D eigenvalue weighted by Crippen LogP contribution is -1.99. The van der Waals surface area contributed by atoms with E-state index in [0.717, 1.165) is 12.5 Å². The average Bonchev–Trinajstić information content (AvgIpc) is 2.60. The van der Waals surface area contributed by atoms with Crippen LogP contribution < -0.4 is 0 Å². The lowest BCUT2D eigenvalue weighted by Gasteiger charge is -2.03. The summed E-state index contributed by atoms with van der Waals surface area (Å²) in [5.74, 6) is 0.811. The molecule has 2 nitrogen and oxygen atoms in total. The Balaban J connectivity index is 0.000000671. The molecule has 1 rings (SSSR count). The highest BCUT2D eigenvalue weighted by Gasteiger charge is 1.94. The molecule has 0 unspecified atom stereocenters. The molecule has 0 fully saturated rings. The normalized spacial score (nSPS) is 9.62. The fraction of sp³-hybridized carbons (Fsp3) is 0.727. The minimum atomic E-state index is 0.811. The second kappa shape index (κ2) is 7.84. The van der Waals surface area contributed by atoms with Gasteiger partial charge >= 0.3 is 0 Å². The summed E-state index contributed by atoms with van der Waals surface area (Å²) in [5.41, 5.74) is 0. The Labute approximate surface area is 82.0 Å². The third-order valence-electron chi connectivity index (χ3n) is 1.73. The summed E-state index contributed by atoms with van der Waals surface area (Å²) < 4.78 is 1.99. The van der Waals surface area contributed by atoms with Crippen molar-refractivity contribution in [2.75, 3.05) is 0 Å². The number of nitrogens with zero attached hydrogens (tertiary/aromatic N) is 2. The van der Waals surface area contributed by atoms with Crippen molar-refractivity contribution in [1.82, 2.24) is 9.78 Å². The third-order valence-corrected chi connectivity index (χ3v) is 1.73. The molecular formula is C11H22N2. The first-order valence-electron chi connectivity index (χ1n) is 5.26. The lowest BCUT2D eigenvalue weighted by molar-refractivity contribution is 0.490. The van der Waals surface area contributed by atoms with Crippen LogP contribution in [-0.2, 0) is 6.54 Å². The summed E-state index contributed by atoms with van der Waals surface area (Å²) in [6.45, 7) is 9.57. The van der Waals surface area contributed by atoms with Crippen LogP contribution in [0, 0.1) is 5.92 Å². The molecule has 0 aliphatic carbocycles. The van der Waals surface area contributed by atoms with E-state index in [1.807, 2.05) is 37.0 Å². The summed E-state index contributed by atoms with van der Waals surface area (Å²) in [6.07, 6.45) is 6.37. The Morgan fingerprint density at radius 2 is 2.00 bits per heavy atom. The van der Waals surface area contributed by atoms with E-state index < -0.39 is 0 Å². The molecule has 0 saturated heterocycles. The average molecular weight is 182 g/mol. The summed E-state index contributed by atoms with van der Waals surface area (Å²) >= 11 is 0. The van der Waals surface area contributed by atoms with E-state index in [-0.39, 0.29) is 0 Å². The highest BCUT2D eigenvalue weighted by atomic mass is 15.3. The van der Waals surface area contributed by atoms with E-state index in [9.17, 15) is 0 Å². The predicted molar refractivity (Wildman–Crippen MR) is 57.6 cm³/mol. The zero-order valence-corrected chi connectivity index (χ0v) is 9.33. The van der Waals surface area contributed by atoms with Gasteiger partial charge in [0.05, 0.1) is 0 Å². The van der Waals surface area contributed by atoms with Gasteiger partial charge in [0.15, 0.2) is 0 Å². The van der Waals surface area contributed by atoms with Crippen molar-refractivity contribution < 1.29 is 0 Å². The molecule has 0 spiro atoms. The first-order valence-corrected chi connectivity index (χ1v) is 5.26. The van der Waals surface area contributed by atoms with Gasteiger partial charge in [-0.25, -0.2) is 0 Å². The monoisotopic (exact) mass is 182 g/mol. The molecule has 0 aliphatic heterocycles. The molecule has 0 aromatic carbocycles. The summed E-state index contributed by atoms with van der Waals surface area (Å²) in [7, 11) is 0. The van der Waals surface area contributed by atoms with Crippen LogP contribution in [-0.4, -0.2) is 9.78 Å². The maximum absolute atomic E-state index is 4.13. The van der Waals surface area contributed by atoms with E-state index >= 15 is 0 Å². The quantitative estimate of drug-likeness (QED) is 0.698. The second-order valence-electron chi connectivity index (χ2n) is 3.31. The van der Waals surface area contributed by atoms with Gasteiger partial charge in [-0.05, 0) is 24.8 Å². The molecule has 76 valence electrons. The summed E-state index contributed by atoms with van der Waals surface area (Å²) in [6, 6.07) is 1.97. The highest BCUT2D eigenvalue weighted by molar-refractivity contribution is 4.77. The van der Waals surface area contributed by atoms with Crippen LogP contribution in [0.1, 0.15) is 40.5 Å². The molecule has 0 amide bonds. The van der Waals surface area contributed by atoms with Gasteiger partial charge in [0, 0.05) is 18.9 Å². The molecule has 2 heteroatoms. The first-order chi connectivity index (χ1) is 6.29. The third kappa shape index (κ3) is 6.38. The molecule has 0 saturated carbocycles. The van der Waals surface area contributed by atoms with Gasteiger partial charge in [0.2, 0.25) is 0 Å². The number of aryl methyl sites for hydroxylation is 1. The van der Waals surface area contributed by atoms with Crippen molar-refractivity contribution in [2.24, 2.45) is 5.92 Å².